The van der Waals surface area contributed by atoms with Crippen LogP contribution in [-0.4, -0.2) is 51.5 Å². The summed E-state index contributed by atoms with van der Waals surface area (Å²) in [5, 5.41) is 33.7. The molecule has 0 bridgehead atoms. The number of carbonyl (C=O) groups is 2. The van der Waals surface area contributed by atoms with Crippen LogP contribution in [0.3, 0.4) is 0 Å². The van der Waals surface area contributed by atoms with E-state index < -0.39 is 40.9 Å². The molecule has 0 aliphatic heterocycles. The number of fused-ring (bicyclic) bond motifs is 5. The third-order valence-electron chi connectivity index (χ3n) is 9.89. The number of rotatable bonds is 4. The maximum Gasteiger partial charge on any atom is 0.338 e. The van der Waals surface area contributed by atoms with Crippen LogP contribution in [0.25, 0.3) is 0 Å². The second-order valence-corrected chi connectivity index (χ2v) is 11.6. The Morgan fingerprint density at radius 1 is 1.17 bits per heavy atom. The summed E-state index contributed by atoms with van der Waals surface area (Å²) in [6.45, 7) is 11.7. The minimum absolute atomic E-state index is 0.0136. The maximum atomic E-state index is 13.3. The maximum absolute atomic E-state index is 13.3. The Morgan fingerprint density at radius 3 is 2.43 bits per heavy atom. The summed E-state index contributed by atoms with van der Waals surface area (Å²) in [5.74, 6) is -2.03. The number of hydrogen-bond acceptors (Lipinski definition) is 6. The van der Waals surface area contributed by atoms with Crippen LogP contribution in [0.5, 0.6) is 0 Å². The molecule has 5 rings (SSSR count). The molecule has 188 valence electrons. The van der Waals surface area contributed by atoms with Crippen LogP contribution in [0.4, 0.5) is 0 Å². The van der Waals surface area contributed by atoms with Crippen LogP contribution < -0.4 is 0 Å². The molecule has 35 heavy (non-hydrogen) atoms. The largest absolute Gasteiger partial charge is 0.458 e. The Bertz CT molecular complexity index is 1090. The Labute approximate surface area is 206 Å². The van der Waals surface area contributed by atoms with E-state index in [9.17, 15) is 24.9 Å². The normalized spacial score (nSPS) is 46.0. The second-order valence-electron chi connectivity index (χ2n) is 11.6. The third-order valence-corrected chi connectivity index (χ3v) is 9.89. The standard InChI is InChI=1S/C29H36O6/c1-14(2)21-16(4)22-20-12-28(20,13-30)27(33)29(34)19(11-15(3)25(29)31)23(22)17(5)24(21)35-26(32)18-9-7-6-8-10-18/h6-11,16-17,19-24,27,30,33-34H,1,12-13H2,2-5H3/t16?,17-,19?,20-,21-,22?,23?,24+,27+,28+,29+/m0/s1. The molecule has 6 heteroatoms. The summed E-state index contributed by atoms with van der Waals surface area (Å²) in [6, 6.07) is 8.87. The molecule has 6 nitrogen and oxygen atoms in total. The monoisotopic (exact) mass is 480 g/mol. The molecule has 0 amide bonds. The molecule has 0 saturated heterocycles. The van der Waals surface area contributed by atoms with Crippen LogP contribution in [0, 0.1) is 46.8 Å². The predicted octanol–water partition coefficient (Wildman–Crippen LogP) is 3.17. The molecular weight excluding hydrogens is 444 g/mol. The average molecular weight is 481 g/mol. The highest BCUT2D eigenvalue weighted by molar-refractivity contribution is 6.05. The summed E-state index contributed by atoms with van der Waals surface area (Å²) in [6.07, 6.45) is 0.513. The Morgan fingerprint density at radius 2 is 1.83 bits per heavy atom. The summed E-state index contributed by atoms with van der Waals surface area (Å²) < 4.78 is 6.19. The summed E-state index contributed by atoms with van der Waals surface area (Å²) in [7, 11) is 0. The molecule has 3 saturated carbocycles. The molecule has 0 aromatic heterocycles. The van der Waals surface area contributed by atoms with Crippen molar-refractivity contribution in [2.75, 3.05) is 6.61 Å². The zero-order chi connectivity index (χ0) is 25.4. The van der Waals surface area contributed by atoms with Gasteiger partial charge >= 0.3 is 5.97 Å². The molecule has 3 N–H and O–H groups in total. The van der Waals surface area contributed by atoms with Crippen LogP contribution in [-0.2, 0) is 9.53 Å². The van der Waals surface area contributed by atoms with E-state index in [-0.39, 0.29) is 42.1 Å². The fourth-order valence-electron chi connectivity index (χ4n) is 8.20. The number of esters is 1. The SMILES string of the molecule is C=C(C)[C@H]1C(C)C2C(C3C=C(C)C(=O)[C@@]3(O)[C@H](O)[C@@]3(CO)C[C@@H]23)[C@H](C)[C@H]1OC(=O)c1ccccc1. The van der Waals surface area contributed by atoms with Gasteiger partial charge in [-0.3, -0.25) is 4.79 Å². The zero-order valence-electron chi connectivity index (χ0n) is 20.8. The highest BCUT2D eigenvalue weighted by Gasteiger charge is 2.76. The van der Waals surface area contributed by atoms with Gasteiger partial charge in [-0.1, -0.05) is 50.3 Å². The molecule has 4 aliphatic rings. The van der Waals surface area contributed by atoms with Gasteiger partial charge in [0.2, 0.25) is 0 Å². The lowest BCUT2D eigenvalue weighted by molar-refractivity contribution is -0.169. The van der Waals surface area contributed by atoms with Gasteiger partial charge in [-0.25, -0.2) is 4.79 Å². The van der Waals surface area contributed by atoms with Gasteiger partial charge in [-0.05, 0) is 67.6 Å². The van der Waals surface area contributed by atoms with E-state index in [0.717, 1.165) is 5.57 Å². The molecule has 1 aromatic carbocycles. The fourth-order valence-corrected chi connectivity index (χ4v) is 8.20. The van der Waals surface area contributed by atoms with Crippen molar-refractivity contribution in [1.82, 2.24) is 0 Å². The van der Waals surface area contributed by atoms with Gasteiger partial charge < -0.3 is 20.1 Å². The van der Waals surface area contributed by atoms with Gasteiger partial charge in [0.25, 0.3) is 0 Å². The van der Waals surface area contributed by atoms with E-state index in [2.05, 4.69) is 13.5 Å². The molecule has 4 aliphatic carbocycles. The van der Waals surface area contributed by atoms with E-state index in [1.54, 1.807) is 37.3 Å². The van der Waals surface area contributed by atoms with E-state index >= 15 is 0 Å². The first kappa shape index (κ1) is 24.4. The molecule has 4 unspecified atom stereocenters. The zero-order valence-corrected chi connectivity index (χ0v) is 20.8. The first-order valence-electron chi connectivity index (χ1n) is 12.7. The van der Waals surface area contributed by atoms with Crippen LogP contribution in [0.1, 0.15) is 44.5 Å². The van der Waals surface area contributed by atoms with Gasteiger partial charge in [0.15, 0.2) is 11.4 Å². The lowest BCUT2D eigenvalue weighted by Gasteiger charge is -2.52. The molecule has 0 radical (unpaired) electrons. The number of ketones is 1. The average Bonchev–Trinajstić information content (AvgIpc) is 3.53. The van der Waals surface area contributed by atoms with Crippen molar-refractivity contribution in [3.8, 4) is 0 Å². The van der Waals surface area contributed by atoms with Crippen LogP contribution >= 0.6 is 0 Å². The lowest BCUT2D eigenvalue weighted by atomic mass is 9.54. The number of carbonyl (C=O) groups excluding carboxylic acids is 2. The predicted molar refractivity (Wildman–Crippen MR) is 130 cm³/mol. The fraction of sp³-hybridized carbons (Fsp3) is 0.586. The molecular formula is C29H36O6. The smallest absolute Gasteiger partial charge is 0.338 e. The molecule has 3 fully saturated rings. The molecule has 0 heterocycles. The van der Waals surface area contributed by atoms with Gasteiger partial charge in [-0.2, -0.15) is 0 Å². The number of benzene rings is 1. The van der Waals surface area contributed by atoms with Crippen molar-refractivity contribution in [2.24, 2.45) is 46.8 Å². The van der Waals surface area contributed by atoms with Crippen LogP contribution in [0.2, 0.25) is 0 Å². The molecule has 11 atom stereocenters. The highest BCUT2D eigenvalue weighted by Crippen LogP contribution is 2.71. The third kappa shape index (κ3) is 3.19. The number of aliphatic hydroxyl groups excluding tert-OH is 2. The van der Waals surface area contributed by atoms with Crippen molar-refractivity contribution in [3.05, 3.63) is 59.7 Å². The van der Waals surface area contributed by atoms with Crippen molar-refractivity contribution in [1.29, 1.82) is 0 Å². The number of hydrogen-bond donors (Lipinski definition) is 3. The number of Topliss-reactive ketones (excluding diaryl/α,β-unsaturated/α-hetero) is 1. The van der Waals surface area contributed by atoms with Crippen molar-refractivity contribution >= 4 is 11.8 Å². The van der Waals surface area contributed by atoms with Crippen LogP contribution in [0.15, 0.2) is 54.1 Å². The Balaban J connectivity index is 1.61. The van der Waals surface area contributed by atoms with Gasteiger partial charge in [0.1, 0.15) is 6.10 Å². The van der Waals surface area contributed by atoms with Crippen molar-refractivity contribution < 1.29 is 29.6 Å². The summed E-state index contributed by atoms with van der Waals surface area (Å²) >= 11 is 0. The van der Waals surface area contributed by atoms with Gasteiger partial charge in [-0.15, -0.1) is 0 Å². The lowest BCUT2D eigenvalue weighted by Crippen LogP contribution is -2.59. The summed E-state index contributed by atoms with van der Waals surface area (Å²) in [4.78, 5) is 26.4. The Hall–Kier alpha value is -2.28. The minimum atomic E-state index is -1.99. The summed E-state index contributed by atoms with van der Waals surface area (Å²) in [5.41, 5.74) is -1.07. The molecule has 1 aromatic rings. The van der Waals surface area contributed by atoms with E-state index in [4.69, 9.17) is 4.74 Å². The van der Waals surface area contributed by atoms with E-state index in [0.29, 0.717) is 17.6 Å². The minimum Gasteiger partial charge on any atom is -0.458 e. The quantitative estimate of drug-likeness (QED) is 0.452. The van der Waals surface area contributed by atoms with E-state index in [1.165, 1.54) is 0 Å². The van der Waals surface area contributed by atoms with E-state index in [1.807, 2.05) is 19.9 Å². The second kappa shape index (κ2) is 8.12. The number of ether oxygens (including phenoxy) is 1. The topological polar surface area (TPSA) is 104 Å². The first-order valence-corrected chi connectivity index (χ1v) is 12.7. The van der Waals surface area contributed by atoms with Gasteiger partial charge in [0, 0.05) is 17.3 Å². The van der Waals surface area contributed by atoms with Crippen molar-refractivity contribution in [3.63, 3.8) is 0 Å². The first-order chi connectivity index (χ1) is 16.5. The van der Waals surface area contributed by atoms with Gasteiger partial charge in [0.05, 0.1) is 18.3 Å². The van der Waals surface area contributed by atoms with Crippen molar-refractivity contribution in [2.45, 2.75) is 51.9 Å². The Kier molecular flexibility index (Phi) is 5.66. The molecule has 0 spiro atoms. The highest BCUT2D eigenvalue weighted by atomic mass is 16.5. The number of aliphatic hydroxyl groups is 3.